The highest BCUT2D eigenvalue weighted by molar-refractivity contribution is 6.04. The summed E-state index contributed by atoms with van der Waals surface area (Å²) in [7, 11) is 0. The Kier molecular flexibility index (Phi) is 4.05. The number of nitrogens with one attached hydrogen (secondary N) is 1. The Morgan fingerprint density at radius 2 is 2.15 bits per heavy atom. The van der Waals surface area contributed by atoms with E-state index in [2.05, 4.69) is 5.32 Å². The van der Waals surface area contributed by atoms with Crippen LogP contribution in [0.5, 0.6) is 0 Å². The number of hydroxylamine groups is 1. The van der Waals surface area contributed by atoms with Crippen LogP contribution >= 0.6 is 0 Å². The number of allylic oxidation sites excluding steroid dienone is 2. The third kappa shape index (κ3) is 2.80. The Morgan fingerprint density at radius 3 is 2.75 bits per heavy atom. The van der Waals surface area contributed by atoms with Gasteiger partial charge in [-0.1, -0.05) is 13.0 Å². The number of para-hydroxylation sites is 1. The highest BCUT2D eigenvalue weighted by atomic mass is 16.7. The molecule has 0 bridgehead atoms. The molecule has 1 aliphatic rings. The Hall–Kier alpha value is -2.76. The lowest BCUT2D eigenvalue weighted by Gasteiger charge is -2.23. The number of benzene rings is 1. The molecule has 1 heterocycles. The van der Waals surface area contributed by atoms with Gasteiger partial charge in [0.25, 0.3) is 0 Å². The van der Waals surface area contributed by atoms with Crippen LogP contribution in [0, 0.1) is 0 Å². The van der Waals surface area contributed by atoms with Crippen LogP contribution < -0.4 is 10.4 Å². The third-order valence-corrected chi connectivity index (χ3v) is 2.68. The molecule has 0 unspecified atom stereocenters. The number of amides is 1. The number of hydrogen-bond donors (Lipinski definition) is 2. The lowest BCUT2D eigenvalue weighted by Crippen LogP contribution is -2.20. The van der Waals surface area contributed by atoms with E-state index in [1.807, 2.05) is 0 Å². The van der Waals surface area contributed by atoms with Crippen molar-refractivity contribution < 1.29 is 19.5 Å². The van der Waals surface area contributed by atoms with Gasteiger partial charge in [0.05, 0.1) is 11.3 Å². The summed E-state index contributed by atoms with van der Waals surface area (Å²) >= 11 is 0. The molecule has 0 radical (unpaired) electrons. The Morgan fingerprint density at radius 1 is 1.35 bits per heavy atom. The number of hydrogen-bond acceptors (Lipinski definition) is 4. The molecule has 0 fully saturated rings. The van der Waals surface area contributed by atoms with E-state index in [1.54, 1.807) is 37.4 Å². The van der Waals surface area contributed by atoms with Gasteiger partial charge in [0.2, 0.25) is 5.91 Å². The van der Waals surface area contributed by atoms with Crippen molar-refractivity contribution >= 4 is 23.3 Å². The van der Waals surface area contributed by atoms with Gasteiger partial charge in [0.1, 0.15) is 11.9 Å². The molecule has 0 atom stereocenters. The summed E-state index contributed by atoms with van der Waals surface area (Å²) in [5.74, 6) is -1.38. The molecular weight excluding hydrogens is 260 g/mol. The van der Waals surface area contributed by atoms with Gasteiger partial charge in [-0.25, -0.2) is 4.79 Å². The van der Waals surface area contributed by atoms with E-state index in [4.69, 9.17) is 4.84 Å². The zero-order valence-electron chi connectivity index (χ0n) is 10.9. The van der Waals surface area contributed by atoms with Gasteiger partial charge in [-0.05, 0) is 24.3 Å². The second-order valence-electron chi connectivity index (χ2n) is 4.01. The smallest absolute Gasteiger partial charge is 0.337 e. The second-order valence-corrected chi connectivity index (χ2v) is 4.01. The first kappa shape index (κ1) is 13.7. The highest BCUT2D eigenvalue weighted by Crippen LogP contribution is 2.31. The Bertz CT molecular complexity index is 593. The number of carbonyl (C=O) groups is 2. The molecule has 1 aliphatic heterocycles. The summed E-state index contributed by atoms with van der Waals surface area (Å²) in [5.41, 5.74) is 0.676. The summed E-state index contributed by atoms with van der Waals surface area (Å²) in [4.78, 5) is 28.2. The zero-order valence-corrected chi connectivity index (χ0v) is 10.9. The van der Waals surface area contributed by atoms with Crippen molar-refractivity contribution in [1.29, 1.82) is 0 Å². The van der Waals surface area contributed by atoms with Crippen molar-refractivity contribution in [2.75, 3.05) is 10.4 Å². The summed E-state index contributed by atoms with van der Waals surface area (Å²) in [6, 6.07) is 4.69. The van der Waals surface area contributed by atoms with Crippen LogP contribution in [0.25, 0.3) is 0 Å². The fourth-order valence-corrected chi connectivity index (χ4v) is 1.71. The minimum Gasteiger partial charge on any atom is -0.478 e. The molecule has 6 heteroatoms. The van der Waals surface area contributed by atoms with Crippen LogP contribution in [0.15, 0.2) is 42.8 Å². The number of carboxylic acids is 1. The van der Waals surface area contributed by atoms with Gasteiger partial charge in [-0.2, -0.15) is 5.06 Å². The van der Waals surface area contributed by atoms with Crippen LogP contribution in [0.3, 0.4) is 0 Å². The van der Waals surface area contributed by atoms with Gasteiger partial charge in [-0.3, -0.25) is 4.79 Å². The topological polar surface area (TPSA) is 78.9 Å². The van der Waals surface area contributed by atoms with Crippen LogP contribution in [-0.4, -0.2) is 17.0 Å². The molecule has 1 amide bonds. The quantitative estimate of drug-likeness (QED) is 0.882. The van der Waals surface area contributed by atoms with E-state index in [0.717, 1.165) is 0 Å². The first-order valence-corrected chi connectivity index (χ1v) is 6.09. The summed E-state index contributed by atoms with van der Waals surface area (Å²) in [5, 5.41) is 13.2. The number of nitrogens with zero attached hydrogens (tertiary/aromatic N) is 1. The van der Waals surface area contributed by atoms with E-state index in [1.165, 1.54) is 17.4 Å². The van der Waals surface area contributed by atoms with Crippen molar-refractivity contribution in [2.45, 2.75) is 13.3 Å². The van der Waals surface area contributed by atoms with Crippen LogP contribution in [0.1, 0.15) is 23.7 Å². The number of aromatic carboxylic acids is 1. The second kappa shape index (κ2) is 5.92. The normalized spacial score (nSPS) is 12.9. The molecule has 0 spiro atoms. The number of rotatable bonds is 4. The molecule has 2 N–H and O–H groups in total. The average Bonchev–Trinajstić information content (AvgIpc) is 2.48. The maximum Gasteiger partial charge on any atom is 0.337 e. The monoisotopic (exact) mass is 274 g/mol. The fourth-order valence-electron chi connectivity index (χ4n) is 1.71. The number of carboxylic acid groups (broad SMARTS) is 1. The van der Waals surface area contributed by atoms with Gasteiger partial charge in [0, 0.05) is 12.6 Å². The third-order valence-electron chi connectivity index (χ3n) is 2.68. The van der Waals surface area contributed by atoms with Crippen molar-refractivity contribution in [1.82, 2.24) is 0 Å². The molecule has 0 saturated heterocycles. The molecule has 104 valence electrons. The SMILES string of the molecule is CCC(=O)Nc1c(C(=O)O)cccc1N1C=CC=CO1. The molecule has 2 rings (SSSR count). The lowest BCUT2D eigenvalue weighted by atomic mass is 10.1. The molecule has 6 nitrogen and oxygen atoms in total. The summed E-state index contributed by atoms with van der Waals surface area (Å²) < 4.78 is 0. The largest absolute Gasteiger partial charge is 0.478 e. The molecule has 1 aromatic rings. The molecule has 1 aromatic carbocycles. The molecule has 0 saturated carbocycles. The predicted octanol–water partition coefficient (Wildman–Crippen LogP) is 2.51. The van der Waals surface area contributed by atoms with E-state index >= 15 is 0 Å². The van der Waals surface area contributed by atoms with Gasteiger partial charge in [0.15, 0.2) is 0 Å². The minimum absolute atomic E-state index is 0.0100. The van der Waals surface area contributed by atoms with Crippen LogP contribution in [0.4, 0.5) is 11.4 Å². The average molecular weight is 274 g/mol. The maximum absolute atomic E-state index is 11.6. The fraction of sp³-hybridized carbons (Fsp3) is 0.143. The first-order valence-electron chi connectivity index (χ1n) is 6.09. The standard InChI is InChI=1S/C14H14N2O4/c1-2-12(17)15-13-10(14(18)19)6-5-7-11(13)16-8-3-4-9-20-16/h3-9H,2H2,1H3,(H,15,17)(H,18,19). The van der Waals surface area contributed by atoms with Crippen molar-refractivity contribution in [3.05, 3.63) is 48.4 Å². The Labute approximate surface area is 115 Å². The summed E-state index contributed by atoms with van der Waals surface area (Å²) in [6.45, 7) is 1.69. The van der Waals surface area contributed by atoms with E-state index in [9.17, 15) is 14.7 Å². The van der Waals surface area contributed by atoms with Crippen LogP contribution in [0.2, 0.25) is 0 Å². The summed E-state index contributed by atoms with van der Waals surface area (Å²) in [6.07, 6.45) is 6.77. The first-order chi connectivity index (χ1) is 9.63. The molecule has 20 heavy (non-hydrogen) atoms. The Balaban J connectivity index is 2.46. The predicted molar refractivity (Wildman–Crippen MR) is 74.2 cm³/mol. The maximum atomic E-state index is 11.6. The lowest BCUT2D eigenvalue weighted by molar-refractivity contribution is -0.115. The van der Waals surface area contributed by atoms with Gasteiger partial charge >= 0.3 is 5.97 Å². The van der Waals surface area contributed by atoms with Crippen molar-refractivity contribution in [3.63, 3.8) is 0 Å². The molecule has 0 aliphatic carbocycles. The number of carbonyl (C=O) groups excluding carboxylic acids is 1. The zero-order chi connectivity index (χ0) is 14.5. The van der Waals surface area contributed by atoms with Crippen LogP contribution in [-0.2, 0) is 9.63 Å². The van der Waals surface area contributed by atoms with Crippen molar-refractivity contribution in [2.24, 2.45) is 0 Å². The minimum atomic E-state index is -1.12. The highest BCUT2D eigenvalue weighted by Gasteiger charge is 2.19. The van der Waals surface area contributed by atoms with Crippen molar-refractivity contribution in [3.8, 4) is 0 Å². The van der Waals surface area contributed by atoms with Gasteiger partial charge < -0.3 is 15.3 Å². The molecule has 0 aromatic heterocycles. The molecular formula is C14H14N2O4. The van der Waals surface area contributed by atoms with E-state index in [-0.39, 0.29) is 23.6 Å². The van der Waals surface area contributed by atoms with E-state index < -0.39 is 5.97 Å². The van der Waals surface area contributed by atoms with E-state index in [0.29, 0.717) is 5.69 Å². The van der Waals surface area contributed by atoms with Gasteiger partial charge in [-0.15, -0.1) is 0 Å². The number of anilines is 2.